The minimum Gasteiger partial charge on any atom is -0.383 e. The molecule has 0 atom stereocenters. The van der Waals surface area contributed by atoms with Gasteiger partial charge in [-0.2, -0.15) is 0 Å². The Balaban J connectivity index is 0.000000980. The molecule has 2 rings (SSSR count). The predicted octanol–water partition coefficient (Wildman–Crippen LogP) is 3.89. The lowest BCUT2D eigenvalue weighted by Gasteiger charge is -1.95. The molecule has 0 fully saturated rings. The van der Waals surface area contributed by atoms with Gasteiger partial charge in [0.1, 0.15) is 10.8 Å². The maximum Gasteiger partial charge on any atom is 0.135 e. The van der Waals surface area contributed by atoms with E-state index >= 15 is 0 Å². The number of nitrogens with two attached hydrogens (primary N) is 1. The van der Waals surface area contributed by atoms with Gasteiger partial charge in [-0.15, -0.1) is 36.2 Å². The van der Waals surface area contributed by atoms with Crippen LogP contribution in [0.15, 0.2) is 29.6 Å². The molecule has 1 aromatic heterocycles. The van der Waals surface area contributed by atoms with Crippen LogP contribution in [-0.2, 0) is 0 Å². The summed E-state index contributed by atoms with van der Waals surface area (Å²) in [7, 11) is 0. The first-order valence-corrected chi connectivity index (χ1v) is 4.98. The summed E-state index contributed by atoms with van der Waals surface area (Å²) in [4.78, 5) is 4.16. The minimum absolute atomic E-state index is 0. The summed E-state index contributed by atoms with van der Waals surface area (Å²) in [5, 5.41) is 3.43. The second kappa shape index (κ2) is 6.18. The van der Waals surface area contributed by atoms with Crippen molar-refractivity contribution in [1.82, 2.24) is 4.98 Å². The molecule has 0 saturated carbocycles. The smallest absolute Gasteiger partial charge is 0.135 e. The Morgan fingerprint density at radius 1 is 1.27 bits per heavy atom. The molecule has 6 heteroatoms. The Bertz CT molecular complexity index is 431. The van der Waals surface area contributed by atoms with Crippen LogP contribution in [-0.4, -0.2) is 4.98 Å². The third-order valence-corrected chi connectivity index (χ3v) is 2.74. The SMILES string of the molecule is Cl.Cl.Nc1csc(-c2cccc(Cl)c2)n1. The molecule has 0 radical (unpaired) electrons. The van der Waals surface area contributed by atoms with Crippen molar-refractivity contribution in [2.24, 2.45) is 0 Å². The molecule has 1 heterocycles. The van der Waals surface area contributed by atoms with E-state index in [4.69, 9.17) is 17.3 Å². The maximum absolute atomic E-state index is 5.85. The van der Waals surface area contributed by atoms with Gasteiger partial charge in [0, 0.05) is 16.0 Å². The van der Waals surface area contributed by atoms with Crippen molar-refractivity contribution in [3.8, 4) is 10.6 Å². The van der Waals surface area contributed by atoms with Crippen molar-refractivity contribution in [2.45, 2.75) is 0 Å². The first kappa shape index (κ1) is 14.5. The van der Waals surface area contributed by atoms with Gasteiger partial charge in [-0.25, -0.2) is 4.98 Å². The molecule has 0 amide bonds. The lowest BCUT2D eigenvalue weighted by molar-refractivity contribution is 1.42. The Hall–Kier alpha value is -0.480. The normalized spacial score (nSPS) is 8.87. The maximum atomic E-state index is 5.85. The Labute approximate surface area is 109 Å². The highest BCUT2D eigenvalue weighted by atomic mass is 35.5. The summed E-state index contributed by atoms with van der Waals surface area (Å²) >= 11 is 7.36. The van der Waals surface area contributed by atoms with Crippen LogP contribution >= 0.6 is 47.8 Å². The third kappa shape index (κ3) is 3.54. The Morgan fingerprint density at radius 2 is 2.00 bits per heavy atom. The van der Waals surface area contributed by atoms with Crippen molar-refractivity contribution in [3.05, 3.63) is 34.7 Å². The molecule has 0 saturated heterocycles. The average molecular weight is 284 g/mol. The number of anilines is 1. The molecule has 0 spiro atoms. The largest absolute Gasteiger partial charge is 0.383 e. The molecule has 0 unspecified atom stereocenters. The number of benzene rings is 1. The third-order valence-electron chi connectivity index (χ3n) is 1.59. The lowest BCUT2D eigenvalue weighted by Crippen LogP contribution is -1.83. The minimum atomic E-state index is 0. The van der Waals surface area contributed by atoms with Gasteiger partial charge in [0.05, 0.1) is 0 Å². The van der Waals surface area contributed by atoms with Gasteiger partial charge in [0.25, 0.3) is 0 Å². The second-order valence-corrected chi connectivity index (χ2v) is 3.88. The zero-order chi connectivity index (χ0) is 9.26. The van der Waals surface area contributed by atoms with E-state index in [0.717, 1.165) is 10.6 Å². The zero-order valence-corrected chi connectivity index (χ0v) is 10.7. The van der Waals surface area contributed by atoms with E-state index in [-0.39, 0.29) is 24.8 Å². The van der Waals surface area contributed by atoms with E-state index in [0.29, 0.717) is 10.8 Å². The highest BCUT2D eigenvalue weighted by molar-refractivity contribution is 7.13. The first-order chi connectivity index (χ1) is 6.25. The van der Waals surface area contributed by atoms with Crippen molar-refractivity contribution >= 4 is 53.6 Å². The van der Waals surface area contributed by atoms with Crippen LogP contribution < -0.4 is 5.73 Å². The van der Waals surface area contributed by atoms with Crippen LogP contribution in [0.1, 0.15) is 0 Å². The fraction of sp³-hybridized carbons (Fsp3) is 0. The number of halogens is 3. The molecule has 0 bridgehead atoms. The summed E-state index contributed by atoms with van der Waals surface area (Å²) in [6.07, 6.45) is 0. The van der Waals surface area contributed by atoms with E-state index in [9.17, 15) is 0 Å². The van der Waals surface area contributed by atoms with E-state index < -0.39 is 0 Å². The Kier molecular flexibility index (Phi) is 5.98. The number of hydrogen-bond donors (Lipinski definition) is 1. The molecule has 2 N–H and O–H groups in total. The molecule has 1 aromatic carbocycles. The molecule has 2 nitrogen and oxygen atoms in total. The summed E-state index contributed by atoms with van der Waals surface area (Å²) in [6.45, 7) is 0. The van der Waals surface area contributed by atoms with Gasteiger partial charge >= 0.3 is 0 Å². The number of aromatic nitrogens is 1. The summed E-state index contributed by atoms with van der Waals surface area (Å²) < 4.78 is 0. The molecule has 0 aliphatic carbocycles. The lowest BCUT2D eigenvalue weighted by atomic mass is 10.2. The monoisotopic (exact) mass is 282 g/mol. The number of nitrogens with zero attached hydrogens (tertiary/aromatic N) is 1. The molecule has 82 valence electrons. The van der Waals surface area contributed by atoms with Gasteiger partial charge in [-0.05, 0) is 12.1 Å². The van der Waals surface area contributed by atoms with Crippen LogP contribution in [0.25, 0.3) is 10.6 Å². The van der Waals surface area contributed by atoms with Crippen LogP contribution in [0.5, 0.6) is 0 Å². The van der Waals surface area contributed by atoms with Crippen LogP contribution in [0.4, 0.5) is 5.82 Å². The topological polar surface area (TPSA) is 38.9 Å². The highest BCUT2D eigenvalue weighted by Crippen LogP contribution is 2.26. The molecule has 0 aliphatic rings. The number of rotatable bonds is 1. The van der Waals surface area contributed by atoms with E-state index in [1.165, 1.54) is 11.3 Å². The van der Waals surface area contributed by atoms with E-state index in [2.05, 4.69) is 4.98 Å². The number of nitrogen functional groups attached to an aromatic ring is 1. The van der Waals surface area contributed by atoms with Crippen molar-refractivity contribution in [3.63, 3.8) is 0 Å². The van der Waals surface area contributed by atoms with E-state index in [1.54, 1.807) is 0 Å². The fourth-order valence-electron chi connectivity index (χ4n) is 1.04. The zero-order valence-electron chi connectivity index (χ0n) is 7.51. The number of hydrogen-bond acceptors (Lipinski definition) is 3. The van der Waals surface area contributed by atoms with Gasteiger partial charge in [0.15, 0.2) is 0 Å². The van der Waals surface area contributed by atoms with Gasteiger partial charge in [-0.1, -0.05) is 23.7 Å². The summed E-state index contributed by atoms with van der Waals surface area (Å²) in [5.74, 6) is 0.556. The van der Waals surface area contributed by atoms with Gasteiger partial charge < -0.3 is 5.73 Å². The van der Waals surface area contributed by atoms with Gasteiger partial charge in [0.2, 0.25) is 0 Å². The molecule has 15 heavy (non-hydrogen) atoms. The molecular weight excluding hydrogens is 275 g/mol. The molecule has 0 aliphatic heterocycles. The van der Waals surface area contributed by atoms with Crippen molar-refractivity contribution in [1.29, 1.82) is 0 Å². The van der Waals surface area contributed by atoms with E-state index in [1.807, 2.05) is 29.6 Å². The summed E-state index contributed by atoms with van der Waals surface area (Å²) in [5.41, 5.74) is 6.53. The van der Waals surface area contributed by atoms with Crippen molar-refractivity contribution in [2.75, 3.05) is 5.73 Å². The van der Waals surface area contributed by atoms with Crippen molar-refractivity contribution < 1.29 is 0 Å². The Morgan fingerprint density at radius 3 is 2.53 bits per heavy atom. The predicted molar refractivity (Wildman–Crippen MR) is 71.5 cm³/mol. The summed E-state index contributed by atoms with van der Waals surface area (Å²) in [6, 6.07) is 7.57. The van der Waals surface area contributed by atoms with Crippen LogP contribution in [0.3, 0.4) is 0 Å². The highest BCUT2D eigenvalue weighted by Gasteiger charge is 2.02. The standard InChI is InChI=1S/C9H7ClN2S.2ClH/c10-7-3-1-2-6(4-7)9-12-8(11)5-13-9;;/h1-5H,11H2;2*1H. The average Bonchev–Trinajstić information content (AvgIpc) is 2.52. The second-order valence-electron chi connectivity index (χ2n) is 2.59. The fourth-order valence-corrected chi connectivity index (χ4v) is 1.94. The molecular formula is C9H9Cl3N2S. The van der Waals surface area contributed by atoms with Crippen LogP contribution in [0, 0.1) is 0 Å². The van der Waals surface area contributed by atoms with Gasteiger partial charge in [-0.3, -0.25) is 0 Å². The van der Waals surface area contributed by atoms with Crippen LogP contribution in [0.2, 0.25) is 5.02 Å². The first-order valence-electron chi connectivity index (χ1n) is 3.72. The number of thiazole rings is 1. The molecule has 2 aromatic rings. The quantitative estimate of drug-likeness (QED) is 0.862.